The van der Waals surface area contributed by atoms with E-state index < -0.39 is 106 Å². The number of nitrogens with zero attached hydrogens (tertiary/aromatic N) is 3. The molecule has 0 unspecified atom stereocenters. The summed E-state index contributed by atoms with van der Waals surface area (Å²) in [4.78, 5) is 31.2. The van der Waals surface area contributed by atoms with E-state index in [1.54, 1.807) is 0 Å². The Kier molecular flexibility index (Phi) is 8.52. The predicted molar refractivity (Wildman–Crippen MR) is 198 cm³/mol. The number of hydrogen-bond acceptors (Lipinski definition) is 5. The van der Waals surface area contributed by atoms with E-state index in [4.69, 9.17) is 13.0 Å². The van der Waals surface area contributed by atoms with Crippen LogP contribution >= 0.6 is 11.8 Å². The van der Waals surface area contributed by atoms with Crippen molar-refractivity contribution < 1.29 is 45.2 Å². The number of likely N-dealkylation sites (tertiary alicyclic amines) is 1. The monoisotopic (exact) mass is 759 g/mol. The summed E-state index contributed by atoms with van der Waals surface area (Å²) in [7, 11) is 1.31. The zero-order chi connectivity index (χ0) is 46.6. The standard InChI is InChI=1S/C41H40F5N3O3S/c1-27-6-15-34-36(22-27)49(39(23-37(34)50)53-26-31-4-3-5-35(42)40(31)43)25-38(51)48(33-16-18-47(19-17-33)20-21-52-2)24-28-7-9-29(10-8-28)30-11-13-32(14-12-30)41(44,45)46/h3-15,22-23,33H,16-21,24-26H2,1-2H3/i6D,15D,20D2,22D,23D,24D2,25D2. The van der Waals surface area contributed by atoms with Crippen LogP contribution in [0.15, 0.2) is 101 Å². The normalized spacial score (nSPS) is 17.7. The second-order valence-electron chi connectivity index (χ2n) is 12.2. The number of halogens is 5. The molecule has 278 valence electrons. The van der Waals surface area contributed by atoms with Gasteiger partial charge in [-0.25, -0.2) is 8.78 Å². The molecule has 1 aliphatic heterocycles. The number of thioether (sulfide) groups is 1. The smallest absolute Gasteiger partial charge is 0.383 e. The number of fused-ring (bicyclic) bond motifs is 1. The topological polar surface area (TPSA) is 54.8 Å². The van der Waals surface area contributed by atoms with Crippen molar-refractivity contribution >= 4 is 28.6 Å². The third kappa shape index (κ3) is 9.17. The maximum absolute atomic E-state index is 15.3. The fourth-order valence-corrected chi connectivity index (χ4v) is 6.72. The number of pyridine rings is 1. The van der Waals surface area contributed by atoms with Crippen LogP contribution in [-0.4, -0.2) is 59.6 Å². The Morgan fingerprint density at radius 1 is 1.00 bits per heavy atom. The van der Waals surface area contributed by atoms with Crippen molar-refractivity contribution in [3.63, 3.8) is 0 Å². The van der Waals surface area contributed by atoms with E-state index in [0.717, 1.165) is 18.2 Å². The molecule has 1 fully saturated rings. The first-order chi connectivity index (χ1) is 29.4. The van der Waals surface area contributed by atoms with Gasteiger partial charge in [0, 0.05) is 64.7 Å². The molecule has 53 heavy (non-hydrogen) atoms. The van der Waals surface area contributed by atoms with Gasteiger partial charge < -0.3 is 19.1 Å². The van der Waals surface area contributed by atoms with Gasteiger partial charge in [-0.05, 0) is 72.3 Å². The lowest BCUT2D eigenvalue weighted by Gasteiger charge is -2.39. The number of alkyl halides is 3. The molecule has 1 amide bonds. The van der Waals surface area contributed by atoms with Gasteiger partial charge in [-0.3, -0.25) is 9.59 Å². The molecule has 0 radical (unpaired) electrons. The predicted octanol–water partition coefficient (Wildman–Crippen LogP) is 8.71. The molecular formula is C41H40F5N3O3S. The highest BCUT2D eigenvalue weighted by Gasteiger charge is 2.31. The zero-order valence-electron chi connectivity index (χ0n) is 38.5. The number of carbonyl (C=O) groups is 1. The molecule has 1 aliphatic rings. The lowest BCUT2D eigenvalue weighted by atomic mass is 10.00. The van der Waals surface area contributed by atoms with Gasteiger partial charge in [0.15, 0.2) is 17.1 Å². The molecule has 0 spiro atoms. The number of benzene rings is 4. The molecule has 6 rings (SSSR count). The van der Waals surface area contributed by atoms with Crippen molar-refractivity contribution in [2.24, 2.45) is 0 Å². The van der Waals surface area contributed by atoms with Crippen LogP contribution < -0.4 is 5.43 Å². The Balaban J connectivity index is 1.52. The molecular weight excluding hydrogens is 710 g/mol. The Labute approximate surface area is 323 Å². The Morgan fingerprint density at radius 2 is 1.68 bits per heavy atom. The third-order valence-corrected chi connectivity index (χ3v) is 9.57. The lowest BCUT2D eigenvalue weighted by Crippen LogP contribution is -2.48. The highest BCUT2D eigenvalue weighted by molar-refractivity contribution is 7.98. The Morgan fingerprint density at radius 3 is 2.34 bits per heavy atom. The van der Waals surface area contributed by atoms with Gasteiger partial charge in [0.1, 0.15) is 6.50 Å². The van der Waals surface area contributed by atoms with Gasteiger partial charge in [0.25, 0.3) is 0 Å². The van der Waals surface area contributed by atoms with Crippen molar-refractivity contribution in [3.8, 4) is 11.1 Å². The van der Waals surface area contributed by atoms with Crippen molar-refractivity contribution in [2.75, 3.05) is 33.3 Å². The summed E-state index contributed by atoms with van der Waals surface area (Å²) in [5.41, 5.74) is -2.72. The molecule has 0 aliphatic carbocycles. The van der Waals surface area contributed by atoms with Crippen LogP contribution in [0.1, 0.15) is 48.8 Å². The van der Waals surface area contributed by atoms with Gasteiger partial charge in [0.2, 0.25) is 5.91 Å². The minimum absolute atomic E-state index is 0.0561. The molecule has 2 heterocycles. The van der Waals surface area contributed by atoms with E-state index in [1.165, 1.54) is 67.5 Å². The Hall–Kier alpha value is -4.52. The lowest BCUT2D eigenvalue weighted by molar-refractivity contribution is -0.137. The first-order valence-electron chi connectivity index (χ1n) is 21.4. The van der Waals surface area contributed by atoms with Gasteiger partial charge in [-0.1, -0.05) is 54.6 Å². The second-order valence-corrected chi connectivity index (χ2v) is 13.1. The Bertz CT molecular complexity index is 2610. The van der Waals surface area contributed by atoms with Crippen LogP contribution in [0.4, 0.5) is 22.0 Å². The summed E-state index contributed by atoms with van der Waals surface area (Å²) >= 11 is 0.458. The van der Waals surface area contributed by atoms with Crippen LogP contribution in [0.2, 0.25) is 0 Å². The summed E-state index contributed by atoms with van der Waals surface area (Å²) < 4.78 is 165. The molecule has 0 saturated carbocycles. The minimum Gasteiger partial charge on any atom is -0.383 e. The number of ether oxygens (including phenoxy) is 1. The second kappa shape index (κ2) is 16.7. The molecule has 6 nitrogen and oxygen atoms in total. The molecule has 1 aromatic heterocycles. The first kappa shape index (κ1) is 27.1. The fourth-order valence-electron chi connectivity index (χ4n) is 5.77. The van der Waals surface area contributed by atoms with Crippen molar-refractivity contribution in [3.05, 3.63) is 135 Å². The molecule has 4 aromatic carbocycles. The van der Waals surface area contributed by atoms with Crippen molar-refractivity contribution in [1.82, 2.24) is 14.4 Å². The summed E-state index contributed by atoms with van der Waals surface area (Å²) in [5.74, 6) is -4.63. The van der Waals surface area contributed by atoms with Gasteiger partial charge >= 0.3 is 6.18 Å². The molecule has 0 bridgehead atoms. The van der Waals surface area contributed by atoms with E-state index in [0.29, 0.717) is 32.4 Å². The number of methoxy groups -OCH3 is 1. The summed E-state index contributed by atoms with van der Waals surface area (Å²) in [5, 5.41) is -1.40. The van der Waals surface area contributed by atoms with Crippen molar-refractivity contribution in [2.45, 2.75) is 55.8 Å². The maximum Gasteiger partial charge on any atom is 0.416 e. The first-order valence-corrected chi connectivity index (χ1v) is 17.4. The van der Waals surface area contributed by atoms with Crippen LogP contribution in [0.5, 0.6) is 0 Å². The van der Waals surface area contributed by atoms with Crippen LogP contribution in [0.25, 0.3) is 22.0 Å². The molecule has 12 heteroatoms. The molecule has 0 N–H and O–H groups in total. The quantitative estimate of drug-likeness (QED) is 0.0942. The molecule has 5 aromatic rings. The zero-order valence-corrected chi connectivity index (χ0v) is 29.4. The number of hydrogen-bond donors (Lipinski definition) is 0. The van der Waals surface area contributed by atoms with E-state index in [-0.39, 0.29) is 49.2 Å². The van der Waals surface area contributed by atoms with Gasteiger partial charge in [0.05, 0.1) is 33.7 Å². The number of amides is 1. The number of piperidine rings is 1. The van der Waals surface area contributed by atoms with E-state index >= 15 is 4.79 Å². The highest BCUT2D eigenvalue weighted by Crippen LogP contribution is 2.32. The number of aromatic nitrogens is 1. The van der Waals surface area contributed by atoms with E-state index in [1.807, 2.05) is 0 Å². The van der Waals surface area contributed by atoms with Crippen LogP contribution in [0.3, 0.4) is 0 Å². The summed E-state index contributed by atoms with van der Waals surface area (Å²) in [6.45, 7) is -7.61. The minimum atomic E-state index is -4.58. The van der Waals surface area contributed by atoms with E-state index in [9.17, 15) is 32.2 Å². The molecule has 0 atom stereocenters. The van der Waals surface area contributed by atoms with Crippen LogP contribution in [0, 0.1) is 18.6 Å². The van der Waals surface area contributed by atoms with E-state index in [2.05, 4.69) is 0 Å². The maximum atomic E-state index is 15.3. The summed E-state index contributed by atoms with van der Waals surface area (Å²) in [6.07, 6.45) is -4.80. The average molecular weight is 760 g/mol. The highest BCUT2D eigenvalue weighted by atomic mass is 32.2. The fraction of sp³-hybridized carbons (Fsp3) is 0.317. The number of carbonyl (C=O) groups excluding carboxylic acids is 1. The van der Waals surface area contributed by atoms with Crippen LogP contribution in [-0.2, 0) is 34.5 Å². The van der Waals surface area contributed by atoms with Gasteiger partial charge in [-0.15, -0.1) is 11.8 Å². The molecule has 1 saturated heterocycles. The largest absolute Gasteiger partial charge is 0.416 e. The average Bonchev–Trinajstić information content (AvgIpc) is 3.23. The van der Waals surface area contributed by atoms with Gasteiger partial charge in [-0.2, -0.15) is 13.2 Å². The third-order valence-electron chi connectivity index (χ3n) is 8.56. The number of rotatable bonds is 12. The summed E-state index contributed by atoms with van der Waals surface area (Å²) in [6, 6.07) is 8.65. The SMILES string of the molecule is [2H]c1c(C)c([2H])c2c(c1[2H])c(=O)c([2H])c(SCc1cccc(F)c1F)n2C([2H])([2H])C(=O)N(C1CCN(C([2H])([2H])COC)CC1)C([2H])([2H])c1ccc(-c2ccc(C(F)(F)F)cc2)cc1. The van der Waals surface area contributed by atoms with Crippen molar-refractivity contribution in [1.29, 1.82) is 0 Å².